The summed E-state index contributed by atoms with van der Waals surface area (Å²) in [6, 6.07) is 11.2. The van der Waals surface area contributed by atoms with Crippen LogP contribution in [0, 0.1) is 29.1 Å². The van der Waals surface area contributed by atoms with E-state index in [9.17, 15) is 19.8 Å². The number of aliphatic hydroxyl groups is 2. The van der Waals surface area contributed by atoms with E-state index >= 15 is 0 Å². The number of nitrogens with one attached hydrogen (secondary N) is 2. The van der Waals surface area contributed by atoms with Gasteiger partial charge in [0.2, 0.25) is 5.91 Å². The van der Waals surface area contributed by atoms with Crippen LogP contribution in [0.5, 0.6) is 5.75 Å². The molecule has 4 N–H and O–H groups in total. The predicted molar refractivity (Wildman–Crippen MR) is 210 cm³/mol. The number of nitrogens with zero attached hydrogens (tertiary/aromatic N) is 3. The number of para-hydroxylation sites is 1. The van der Waals surface area contributed by atoms with Crippen molar-refractivity contribution in [1.82, 2.24) is 20.6 Å². The van der Waals surface area contributed by atoms with Crippen molar-refractivity contribution in [2.24, 2.45) is 29.1 Å². The van der Waals surface area contributed by atoms with E-state index in [2.05, 4.69) is 57.1 Å². The summed E-state index contributed by atoms with van der Waals surface area (Å²) in [7, 11) is 5.52. The summed E-state index contributed by atoms with van der Waals surface area (Å²) in [5, 5.41) is 29.5. The van der Waals surface area contributed by atoms with Crippen LogP contribution in [0.15, 0.2) is 36.4 Å². The van der Waals surface area contributed by atoms with E-state index in [0.717, 1.165) is 54.7 Å². The summed E-state index contributed by atoms with van der Waals surface area (Å²) in [5.74, 6) is 0.678. The first-order valence-electron chi connectivity index (χ1n) is 19.7. The molecule has 2 aromatic carbocycles. The third kappa shape index (κ3) is 8.54. The average molecular weight is 736 g/mol. The van der Waals surface area contributed by atoms with Crippen LogP contribution in [0.1, 0.15) is 83.7 Å². The molecule has 0 aromatic heterocycles. The van der Waals surface area contributed by atoms with E-state index < -0.39 is 24.2 Å². The quantitative estimate of drug-likeness (QED) is 0.227. The minimum Gasteiger partial charge on any atom is -0.496 e. The number of methoxy groups -OCH3 is 1. The summed E-state index contributed by atoms with van der Waals surface area (Å²) < 4.78 is 6.08. The van der Waals surface area contributed by atoms with Crippen molar-refractivity contribution in [3.63, 3.8) is 0 Å². The summed E-state index contributed by atoms with van der Waals surface area (Å²) >= 11 is 0. The number of amides is 2. The molecule has 2 aliphatic heterocycles. The van der Waals surface area contributed by atoms with Crippen molar-refractivity contribution in [3.05, 3.63) is 47.5 Å². The van der Waals surface area contributed by atoms with Crippen LogP contribution in [-0.4, -0.2) is 110 Å². The fourth-order valence-electron chi connectivity index (χ4n) is 9.07. The van der Waals surface area contributed by atoms with Gasteiger partial charge in [0.1, 0.15) is 17.9 Å². The molecule has 0 bridgehead atoms. The molecule has 0 spiro atoms. The van der Waals surface area contributed by atoms with Gasteiger partial charge in [-0.25, -0.2) is 0 Å². The van der Waals surface area contributed by atoms with Crippen LogP contribution < -0.4 is 20.3 Å². The molecular weight excluding hydrogens is 670 g/mol. The number of carbonyl (C=O) groups excluding carboxylic acids is 2. The highest BCUT2D eigenvalue weighted by molar-refractivity contribution is 5.97. The van der Waals surface area contributed by atoms with E-state index in [1.807, 2.05) is 55.4 Å². The minimum absolute atomic E-state index is 0.0258. The molecule has 2 aromatic rings. The van der Waals surface area contributed by atoms with E-state index in [-0.39, 0.29) is 42.3 Å². The first-order chi connectivity index (χ1) is 25.1. The van der Waals surface area contributed by atoms with Gasteiger partial charge in [0.25, 0.3) is 5.91 Å². The number of carbonyl (C=O) groups is 2. The van der Waals surface area contributed by atoms with Gasteiger partial charge in [-0.05, 0) is 86.2 Å². The van der Waals surface area contributed by atoms with Crippen LogP contribution in [0.4, 0.5) is 5.69 Å². The van der Waals surface area contributed by atoms with Crippen LogP contribution in [0.3, 0.4) is 0 Å². The molecule has 294 valence electrons. The van der Waals surface area contributed by atoms with Gasteiger partial charge in [-0.3, -0.25) is 19.3 Å². The molecule has 2 heterocycles. The van der Waals surface area contributed by atoms with E-state index in [4.69, 9.17) is 9.57 Å². The van der Waals surface area contributed by atoms with Gasteiger partial charge >= 0.3 is 0 Å². The largest absolute Gasteiger partial charge is 0.496 e. The molecule has 1 saturated carbocycles. The zero-order valence-corrected chi connectivity index (χ0v) is 33.7. The Morgan fingerprint density at radius 2 is 1.89 bits per heavy atom. The van der Waals surface area contributed by atoms with Gasteiger partial charge < -0.3 is 30.5 Å². The number of anilines is 1. The Labute approximate surface area is 317 Å². The Balaban J connectivity index is 1.44. The average Bonchev–Trinajstić information content (AvgIpc) is 3.76. The fraction of sp³-hybridized carbons (Fsp3) is 0.667. The molecule has 53 heavy (non-hydrogen) atoms. The van der Waals surface area contributed by atoms with Gasteiger partial charge in [0.15, 0.2) is 0 Å². The highest BCUT2D eigenvalue weighted by Gasteiger charge is 2.51. The van der Waals surface area contributed by atoms with Gasteiger partial charge in [-0.2, -0.15) is 5.06 Å². The number of hydrogen-bond donors (Lipinski definition) is 4. The molecular formula is C42H65N5O6. The lowest BCUT2D eigenvalue weighted by atomic mass is 9.58. The zero-order chi connectivity index (χ0) is 38.8. The maximum atomic E-state index is 14.3. The van der Waals surface area contributed by atoms with Gasteiger partial charge in [0, 0.05) is 61.0 Å². The summed E-state index contributed by atoms with van der Waals surface area (Å²) in [5.41, 5.74) is 3.97. The number of hydroxylamine groups is 2. The lowest BCUT2D eigenvalue weighted by molar-refractivity contribution is -0.182. The maximum absolute atomic E-state index is 14.3. The van der Waals surface area contributed by atoms with Crippen molar-refractivity contribution in [1.29, 1.82) is 0 Å². The number of likely N-dealkylation sites (tertiary alicyclic amines) is 1. The Kier molecular flexibility index (Phi) is 13.2. The molecule has 3 aliphatic rings. The van der Waals surface area contributed by atoms with Gasteiger partial charge in [-0.1, -0.05) is 59.7 Å². The van der Waals surface area contributed by atoms with Crippen molar-refractivity contribution >= 4 is 17.5 Å². The molecule has 2 saturated heterocycles. The van der Waals surface area contributed by atoms with Crippen LogP contribution >= 0.6 is 0 Å². The van der Waals surface area contributed by atoms with E-state index in [1.165, 1.54) is 0 Å². The number of ether oxygens (including phenoxy) is 1. The summed E-state index contributed by atoms with van der Waals surface area (Å²) in [4.78, 5) is 38.6. The second-order valence-corrected chi connectivity index (χ2v) is 16.7. The topological polar surface area (TPSA) is 127 Å². The molecule has 5 rings (SSSR count). The van der Waals surface area contributed by atoms with Crippen molar-refractivity contribution in [2.45, 2.75) is 105 Å². The number of benzene rings is 2. The third-order valence-electron chi connectivity index (χ3n) is 13.2. The van der Waals surface area contributed by atoms with Crippen LogP contribution in [-0.2, 0) is 16.2 Å². The van der Waals surface area contributed by atoms with E-state index in [1.54, 1.807) is 19.1 Å². The first-order valence-corrected chi connectivity index (χ1v) is 19.7. The first kappa shape index (κ1) is 41.0. The molecule has 1 aliphatic carbocycles. The lowest BCUT2D eigenvalue weighted by Gasteiger charge is -2.50. The predicted octanol–water partition coefficient (Wildman–Crippen LogP) is 4.94. The van der Waals surface area contributed by atoms with Crippen LogP contribution in [0.2, 0.25) is 0 Å². The third-order valence-corrected chi connectivity index (χ3v) is 13.2. The smallest absolute Gasteiger partial charge is 0.251 e. The molecule has 2 amide bonds. The summed E-state index contributed by atoms with van der Waals surface area (Å²) in [6.45, 7) is 17.6. The second-order valence-electron chi connectivity index (χ2n) is 16.7. The highest BCUT2D eigenvalue weighted by Crippen LogP contribution is 2.47. The molecule has 11 nitrogen and oxygen atoms in total. The maximum Gasteiger partial charge on any atom is 0.251 e. The monoisotopic (exact) mass is 735 g/mol. The molecule has 3 fully saturated rings. The molecule has 1 unspecified atom stereocenters. The minimum atomic E-state index is -0.904. The number of rotatable bonds is 13. The standard InChI is InChI=1S/C42H65N5O6/c1-11-46-17-13-15-32(46)22-43-40(50)31-19-30(20-33(21-31)45(8)9)34-16-12-14-29(39(34)52-10)23-47-38(37(28(5)49)36(24-48)53-47)41(51)44-35-18-25(2)42(6,7)27(4)26(35)3/h12,14,16,19-21,25-28,32,35-38,48-49H,11,13,15,17-18,22-24H2,1-10H3,(H,43,50)(H,44,51)/t25-,26+,27+,28+,32?,35+,36+,37-,38+/m1/s1. The normalized spacial score (nSPS) is 29.5. The summed E-state index contributed by atoms with van der Waals surface area (Å²) in [6.07, 6.45) is 1.43. The Hall–Kier alpha value is -3.22. The van der Waals surface area contributed by atoms with Crippen molar-refractivity contribution in [3.8, 4) is 16.9 Å². The highest BCUT2D eigenvalue weighted by atomic mass is 16.7. The van der Waals surface area contributed by atoms with Crippen LogP contribution in [0.25, 0.3) is 11.1 Å². The van der Waals surface area contributed by atoms with Crippen molar-refractivity contribution < 1.29 is 29.4 Å². The second kappa shape index (κ2) is 17.1. The Bertz CT molecular complexity index is 1580. The van der Waals surface area contributed by atoms with E-state index in [0.29, 0.717) is 35.7 Å². The van der Waals surface area contributed by atoms with Crippen molar-refractivity contribution in [2.75, 3.05) is 52.3 Å². The fourth-order valence-corrected chi connectivity index (χ4v) is 9.07. The SMILES string of the molecule is CCN1CCCC1CNC(=O)c1cc(-c2cccc(CN3O[C@@H](CO)[C@@H]([C@H](C)O)[C@H]3C(=O)N[C@H]3C[C@@H](C)C(C)(C)[C@@H](C)[C@@H]3C)c2OC)cc(N(C)C)c1. The molecule has 11 heteroatoms. The molecule has 9 atom stereocenters. The van der Waals surface area contributed by atoms with Gasteiger partial charge in [-0.15, -0.1) is 0 Å². The molecule has 0 radical (unpaired) electrons. The number of aliphatic hydroxyl groups excluding tert-OH is 2. The Morgan fingerprint density at radius 3 is 2.53 bits per heavy atom. The number of likely N-dealkylation sites (N-methyl/N-ethyl adjacent to an activating group) is 1. The lowest BCUT2D eigenvalue weighted by Crippen LogP contribution is -2.56. The van der Waals surface area contributed by atoms with Gasteiger partial charge in [0.05, 0.1) is 26.4 Å². The zero-order valence-electron chi connectivity index (χ0n) is 33.7. The number of hydrogen-bond acceptors (Lipinski definition) is 9. The Morgan fingerprint density at radius 1 is 1.15 bits per heavy atom.